The number of aliphatic hydroxyl groups is 1. The third-order valence-electron chi connectivity index (χ3n) is 4.09. The predicted octanol–water partition coefficient (Wildman–Crippen LogP) is 4.83. The molecular formula is C18H20BrNO. The van der Waals surface area contributed by atoms with Gasteiger partial charge in [0.1, 0.15) is 0 Å². The van der Waals surface area contributed by atoms with E-state index in [1.54, 1.807) is 6.92 Å². The van der Waals surface area contributed by atoms with Gasteiger partial charge in [0.2, 0.25) is 0 Å². The summed E-state index contributed by atoms with van der Waals surface area (Å²) in [4.78, 5) is 2.38. The van der Waals surface area contributed by atoms with Crippen LogP contribution in [-0.2, 0) is 6.42 Å². The van der Waals surface area contributed by atoms with Crippen molar-refractivity contribution in [2.75, 3.05) is 11.4 Å². The highest BCUT2D eigenvalue weighted by atomic mass is 79.9. The fourth-order valence-corrected chi connectivity index (χ4v) is 3.76. The Bertz CT molecular complexity index is 653. The molecule has 2 nitrogen and oxygen atoms in total. The number of hydrogen-bond donors (Lipinski definition) is 1. The monoisotopic (exact) mass is 345 g/mol. The molecule has 1 aliphatic heterocycles. The lowest BCUT2D eigenvalue weighted by molar-refractivity contribution is 0.198. The zero-order valence-corrected chi connectivity index (χ0v) is 14.0. The van der Waals surface area contributed by atoms with Gasteiger partial charge in [-0.1, -0.05) is 47.1 Å². The second kappa shape index (κ2) is 5.82. The van der Waals surface area contributed by atoms with E-state index in [4.69, 9.17) is 0 Å². The summed E-state index contributed by atoms with van der Waals surface area (Å²) in [5, 5.41) is 9.76. The summed E-state index contributed by atoms with van der Waals surface area (Å²) < 4.78 is 0.964. The van der Waals surface area contributed by atoms with Crippen LogP contribution in [0, 0.1) is 5.92 Å². The molecule has 0 spiro atoms. The van der Waals surface area contributed by atoms with Crippen LogP contribution < -0.4 is 4.90 Å². The number of anilines is 2. The van der Waals surface area contributed by atoms with Crippen LogP contribution in [0.5, 0.6) is 0 Å². The lowest BCUT2D eigenvalue weighted by Gasteiger charge is -2.35. The van der Waals surface area contributed by atoms with Gasteiger partial charge in [0.15, 0.2) is 0 Å². The van der Waals surface area contributed by atoms with Crippen LogP contribution in [-0.4, -0.2) is 11.7 Å². The second-order valence-corrected chi connectivity index (χ2v) is 6.78. The number of halogens is 1. The van der Waals surface area contributed by atoms with E-state index < -0.39 is 6.10 Å². The van der Waals surface area contributed by atoms with E-state index in [0.717, 1.165) is 23.0 Å². The second-order valence-electron chi connectivity index (χ2n) is 5.93. The lowest BCUT2D eigenvalue weighted by atomic mass is 9.93. The molecule has 21 heavy (non-hydrogen) atoms. The maximum absolute atomic E-state index is 9.76. The molecule has 2 aromatic rings. The smallest absolute Gasteiger partial charge is 0.0772 e. The van der Waals surface area contributed by atoms with E-state index in [2.05, 4.69) is 64.2 Å². The van der Waals surface area contributed by atoms with E-state index in [1.807, 2.05) is 6.07 Å². The summed E-state index contributed by atoms with van der Waals surface area (Å²) in [5.41, 5.74) is 4.81. The van der Waals surface area contributed by atoms with E-state index in [9.17, 15) is 5.11 Å². The molecule has 3 heteroatoms. The van der Waals surface area contributed by atoms with Crippen LogP contribution in [0.15, 0.2) is 46.9 Å². The number of aliphatic hydroxyl groups excluding tert-OH is 1. The molecule has 1 unspecified atom stereocenters. The third-order valence-corrected chi connectivity index (χ3v) is 4.78. The van der Waals surface area contributed by atoms with Gasteiger partial charge in [-0.25, -0.2) is 0 Å². The number of nitrogens with zero attached hydrogens (tertiary/aromatic N) is 1. The van der Waals surface area contributed by atoms with Gasteiger partial charge in [-0.15, -0.1) is 0 Å². The molecule has 1 N–H and O–H groups in total. The molecule has 0 radical (unpaired) electrons. The first-order chi connectivity index (χ1) is 10.1. The molecule has 110 valence electrons. The highest BCUT2D eigenvalue weighted by Crippen LogP contribution is 2.37. The molecular weight excluding hydrogens is 326 g/mol. The van der Waals surface area contributed by atoms with E-state index in [0.29, 0.717) is 5.92 Å². The van der Waals surface area contributed by atoms with Crippen LogP contribution in [0.4, 0.5) is 11.4 Å². The van der Waals surface area contributed by atoms with Crippen molar-refractivity contribution >= 4 is 27.3 Å². The Morgan fingerprint density at radius 3 is 2.71 bits per heavy atom. The quantitative estimate of drug-likeness (QED) is 0.842. The minimum absolute atomic E-state index is 0.457. The number of fused-ring (bicyclic) bond motifs is 1. The number of hydrogen-bond acceptors (Lipinski definition) is 2. The molecule has 0 aromatic heterocycles. The Kier molecular flexibility index (Phi) is 4.05. The van der Waals surface area contributed by atoms with Gasteiger partial charge in [0.05, 0.1) is 6.10 Å². The van der Waals surface area contributed by atoms with Crippen LogP contribution in [0.3, 0.4) is 0 Å². The van der Waals surface area contributed by atoms with Gasteiger partial charge in [-0.3, -0.25) is 0 Å². The first-order valence-electron chi connectivity index (χ1n) is 7.39. The number of benzene rings is 2. The van der Waals surface area contributed by atoms with Gasteiger partial charge < -0.3 is 10.0 Å². The van der Waals surface area contributed by atoms with Crippen molar-refractivity contribution in [2.24, 2.45) is 5.92 Å². The molecule has 0 fully saturated rings. The standard InChI is InChI=1S/C18H20BrNO/c1-12-9-14-5-3-4-6-18(14)20(11-12)15-7-8-16(13(2)21)17(19)10-15/h3-8,10,12-13,21H,9,11H2,1-2H3/t12?,13-/m0/s1. The minimum Gasteiger partial charge on any atom is -0.389 e. The molecule has 0 amide bonds. The van der Waals surface area contributed by atoms with Crippen molar-refractivity contribution in [3.63, 3.8) is 0 Å². The topological polar surface area (TPSA) is 23.5 Å². The van der Waals surface area contributed by atoms with Crippen molar-refractivity contribution in [1.82, 2.24) is 0 Å². The summed E-state index contributed by atoms with van der Waals surface area (Å²) in [6.45, 7) is 5.11. The molecule has 2 atom stereocenters. The highest BCUT2D eigenvalue weighted by Gasteiger charge is 2.23. The van der Waals surface area contributed by atoms with Gasteiger partial charge in [0, 0.05) is 22.4 Å². The molecule has 1 aliphatic rings. The molecule has 2 aromatic carbocycles. The SMILES string of the molecule is CC1Cc2ccccc2N(c2ccc([C@H](C)O)c(Br)c2)C1. The molecule has 0 saturated carbocycles. The number of para-hydroxylation sites is 1. The van der Waals surface area contributed by atoms with Crippen molar-refractivity contribution < 1.29 is 5.11 Å². The fraction of sp³-hybridized carbons (Fsp3) is 0.333. The van der Waals surface area contributed by atoms with E-state index in [-0.39, 0.29) is 0 Å². The molecule has 0 aliphatic carbocycles. The number of rotatable bonds is 2. The summed E-state index contributed by atoms with van der Waals surface area (Å²) in [5.74, 6) is 0.634. The summed E-state index contributed by atoms with van der Waals surface area (Å²) in [6, 6.07) is 14.8. The molecule has 3 rings (SSSR count). The minimum atomic E-state index is -0.457. The van der Waals surface area contributed by atoms with Gasteiger partial charge in [-0.05, 0) is 48.6 Å². The Balaban J connectivity index is 2.03. The van der Waals surface area contributed by atoms with Crippen LogP contribution in [0.25, 0.3) is 0 Å². The highest BCUT2D eigenvalue weighted by molar-refractivity contribution is 9.10. The summed E-state index contributed by atoms with van der Waals surface area (Å²) in [7, 11) is 0. The molecule has 0 bridgehead atoms. The Morgan fingerprint density at radius 2 is 2.00 bits per heavy atom. The van der Waals surface area contributed by atoms with Gasteiger partial charge >= 0.3 is 0 Å². The first-order valence-corrected chi connectivity index (χ1v) is 8.18. The van der Waals surface area contributed by atoms with Crippen LogP contribution in [0.1, 0.15) is 31.1 Å². The van der Waals surface area contributed by atoms with Crippen molar-refractivity contribution in [3.05, 3.63) is 58.1 Å². The molecule has 0 saturated heterocycles. The normalized spacial score (nSPS) is 19.2. The summed E-state index contributed by atoms with van der Waals surface area (Å²) in [6.07, 6.45) is 0.681. The summed E-state index contributed by atoms with van der Waals surface area (Å²) >= 11 is 3.58. The van der Waals surface area contributed by atoms with E-state index in [1.165, 1.54) is 16.9 Å². The van der Waals surface area contributed by atoms with Crippen LogP contribution >= 0.6 is 15.9 Å². The van der Waals surface area contributed by atoms with Gasteiger partial charge in [-0.2, -0.15) is 0 Å². The fourth-order valence-electron chi connectivity index (χ4n) is 3.06. The predicted molar refractivity (Wildman–Crippen MR) is 91.1 cm³/mol. The third kappa shape index (κ3) is 2.85. The maximum Gasteiger partial charge on any atom is 0.0772 e. The first kappa shape index (κ1) is 14.6. The average Bonchev–Trinajstić information content (AvgIpc) is 2.45. The Hall–Kier alpha value is -1.32. The van der Waals surface area contributed by atoms with Crippen LogP contribution in [0.2, 0.25) is 0 Å². The van der Waals surface area contributed by atoms with Crippen molar-refractivity contribution in [2.45, 2.75) is 26.4 Å². The van der Waals surface area contributed by atoms with E-state index >= 15 is 0 Å². The average molecular weight is 346 g/mol. The largest absolute Gasteiger partial charge is 0.389 e. The Labute approximate surface area is 134 Å². The zero-order chi connectivity index (χ0) is 15.0. The maximum atomic E-state index is 9.76. The lowest BCUT2D eigenvalue weighted by Crippen LogP contribution is -2.30. The zero-order valence-electron chi connectivity index (χ0n) is 12.4. The van der Waals surface area contributed by atoms with Crippen molar-refractivity contribution in [3.8, 4) is 0 Å². The van der Waals surface area contributed by atoms with Crippen molar-refractivity contribution in [1.29, 1.82) is 0 Å². The Morgan fingerprint density at radius 1 is 1.24 bits per heavy atom. The van der Waals surface area contributed by atoms with Gasteiger partial charge in [0.25, 0.3) is 0 Å². The molecule has 1 heterocycles.